The number of aryl methyl sites for hydroxylation is 1. The molecule has 0 aliphatic rings. The van der Waals surface area contributed by atoms with Crippen LogP contribution in [0.25, 0.3) is 10.9 Å². The van der Waals surface area contributed by atoms with Crippen molar-refractivity contribution in [3.05, 3.63) is 33.5 Å². The molecule has 0 fully saturated rings. The molecule has 8 nitrogen and oxygen atoms in total. The number of aliphatic hydroxyl groups is 1. The molecule has 2 rings (SSSR count). The molecule has 0 aliphatic carbocycles. The highest BCUT2D eigenvalue weighted by atomic mass is 16.6. The first-order valence-corrected chi connectivity index (χ1v) is 6.58. The van der Waals surface area contributed by atoms with E-state index in [1.807, 2.05) is 0 Å². The molecule has 0 aliphatic heterocycles. The molecule has 0 unspecified atom stereocenters. The van der Waals surface area contributed by atoms with E-state index < -0.39 is 17.5 Å². The summed E-state index contributed by atoms with van der Waals surface area (Å²) in [5.41, 5.74) is 0.409. The molecule has 0 saturated carbocycles. The molecule has 1 heterocycles. The number of esters is 1. The number of rotatable bonds is 5. The molecule has 1 aromatic carbocycles. The number of nitrogens with zero attached hydrogens (tertiary/aromatic N) is 2. The quantitative estimate of drug-likeness (QED) is 0.513. The molecule has 0 amide bonds. The second-order valence-electron chi connectivity index (χ2n) is 4.53. The molecule has 22 heavy (non-hydrogen) atoms. The predicted molar refractivity (Wildman–Crippen MR) is 78.0 cm³/mol. The van der Waals surface area contributed by atoms with Crippen LogP contribution < -0.4 is 4.74 Å². The van der Waals surface area contributed by atoms with Gasteiger partial charge in [0.25, 0.3) is 0 Å². The molecule has 0 bridgehead atoms. The van der Waals surface area contributed by atoms with Crippen LogP contribution in [0.2, 0.25) is 0 Å². The zero-order chi connectivity index (χ0) is 16.4. The Bertz CT molecular complexity index is 750. The largest absolute Gasteiger partial charge is 0.490 e. The van der Waals surface area contributed by atoms with Crippen LogP contribution in [-0.2, 0) is 18.4 Å². The van der Waals surface area contributed by atoms with Crippen molar-refractivity contribution in [3.63, 3.8) is 0 Å². The van der Waals surface area contributed by atoms with E-state index in [2.05, 4.69) is 0 Å². The highest BCUT2D eigenvalue weighted by Crippen LogP contribution is 2.39. The normalized spacial score (nSPS) is 10.7. The maximum atomic E-state index is 12.1. The Morgan fingerprint density at radius 1 is 1.45 bits per heavy atom. The summed E-state index contributed by atoms with van der Waals surface area (Å²) in [7, 11) is 2.91. The van der Waals surface area contributed by atoms with Gasteiger partial charge in [-0.25, -0.2) is 4.79 Å². The van der Waals surface area contributed by atoms with Crippen molar-refractivity contribution in [2.45, 2.75) is 13.5 Å². The second-order valence-corrected chi connectivity index (χ2v) is 4.53. The van der Waals surface area contributed by atoms with Crippen LogP contribution in [0, 0.1) is 10.1 Å². The third-order valence-corrected chi connectivity index (χ3v) is 3.43. The fourth-order valence-electron chi connectivity index (χ4n) is 2.54. The van der Waals surface area contributed by atoms with Gasteiger partial charge >= 0.3 is 11.7 Å². The minimum Gasteiger partial charge on any atom is -0.490 e. The van der Waals surface area contributed by atoms with Gasteiger partial charge < -0.3 is 19.1 Å². The monoisotopic (exact) mass is 308 g/mol. The van der Waals surface area contributed by atoms with Crippen molar-refractivity contribution in [3.8, 4) is 5.75 Å². The summed E-state index contributed by atoms with van der Waals surface area (Å²) >= 11 is 0. The molecule has 1 N–H and O–H groups in total. The molecule has 2 aromatic rings. The van der Waals surface area contributed by atoms with E-state index >= 15 is 0 Å². The maximum absolute atomic E-state index is 12.1. The first-order chi connectivity index (χ1) is 10.5. The lowest BCUT2D eigenvalue weighted by Gasteiger charge is -2.05. The summed E-state index contributed by atoms with van der Waals surface area (Å²) in [5, 5.41) is 21.2. The number of ether oxygens (including phenoxy) is 2. The van der Waals surface area contributed by atoms with Crippen LogP contribution in [0.1, 0.15) is 23.0 Å². The van der Waals surface area contributed by atoms with Gasteiger partial charge in [-0.05, 0) is 19.1 Å². The lowest BCUT2D eigenvalue weighted by Crippen LogP contribution is -2.12. The third-order valence-electron chi connectivity index (χ3n) is 3.43. The molecular weight excluding hydrogens is 292 g/mol. The van der Waals surface area contributed by atoms with Gasteiger partial charge in [-0.15, -0.1) is 0 Å². The number of methoxy groups -OCH3 is 1. The first-order valence-electron chi connectivity index (χ1n) is 6.58. The summed E-state index contributed by atoms with van der Waals surface area (Å²) in [6.07, 6.45) is 0. The van der Waals surface area contributed by atoms with Crippen molar-refractivity contribution in [1.29, 1.82) is 0 Å². The number of fused-ring (bicyclic) bond motifs is 1. The zero-order valence-corrected chi connectivity index (χ0v) is 12.5. The van der Waals surface area contributed by atoms with E-state index in [4.69, 9.17) is 9.47 Å². The summed E-state index contributed by atoms with van der Waals surface area (Å²) in [4.78, 5) is 22.9. The van der Waals surface area contributed by atoms with Gasteiger partial charge in [-0.2, -0.15) is 0 Å². The van der Waals surface area contributed by atoms with Crippen LogP contribution in [0.3, 0.4) is 0 Å². The van der Waals surface area contributed by atoms with Crippen LogP contribution in [0.15, 0.2) is 12.1 Å². The lowest BCUT2D eigenvalue weighted by molar-refractivity contribution is -0.384. The van der Waals surface area contributed by atoms with Gasteiger partial charge in [0.05, 0.1) is 36.1 Å². The zero-order valence-electron chi connectivity index (χ0n) is 12.5. The number of nitro benzene ring substituents is 1. The molecule has 0 radical (unpaired) electrons. The Morgan fingerprint density at radius 2 is 2.14 bits per heavy atom. The van der Waals surface area contributed by atoms with E-state index in [9.17, 15) is 20.0 Å². The average Bonchev–Trinajstić information content (AvgIpc) is 2.78. The summed E-state index contributed by atoms with van der Waals surface area (Å²) in [5.74, 6) is -0.577. The Kier molecular flexibility index (Phi) is 4.32. The second kappa shape index (κ2) is 6.02. The number of hydrogen-bond acceptors (Lipinski definition) is 6. The number of aromatic nitrogens is 1. The van der Waals surface area contributed by atoms with Crippen LogP contribution in [0.5, 0.6) is 5.75 Å². The average molecular weight is 308 g/mol. The lowest BCUT2D eigenvalue weighted by atomic mass is 10.1. The van der Waals surface area contributed by atoms with E-state index in [-0.39, 0.29) is 34.7 Å². The van der Waals surface area contributed by atoms with Crippen molar-refractivity contribution in [1.82, 2.24) is 4.57 Å². The summed E-state index contributed by atoms with van der Waals surface area (Å²) < 4.78 is 11.5. The number of carbonyl (C=O) groups is 1. The van der Waals surface area contributed by atoms with E-state index in [1.54, 1.807) is 20.0 Å². The van der Waals surface area contributed by atoms with Crippen LogP contribution >= 0.6 is 0 Å². The molecule has 8 heteroatoms. The van der Waals surface area contributed by atoms with Crippen molar-refractivity contribution in [2.24, 2.45) is 7.05 Å². The summed E-state index contributed by atoms with van der Waals surface area (Å²) in [6.45, 7) is 1.29. The molecule has 118 valence electrons. The van der Waals surface area contributed by atoms with E-state index in [0.29, 0.717) is 5.52 Å². The molecule has 0 saturated heterocycles. The van der Waals surface area contributed by atoms with Crippen LogP contribution in [-0.4, -0.2) is 34.3 Å². The standard InChI is InChI=1S/C14H16N2O6/c1-4-22-14(18)12-8(7-17)11-9(15(12)2)5-6-10(21-3)13(11)16(19)20/h5-6,17H,4,7H2,1-3H3. The van der Waals surface area contributed by atoms with Gasteiger partial charge in [-0.1, -0.05) is 0 Å². The number of benzene rings is 1. The Balaban J connectivity index is 2.91. The van der Waals surface area contributed by atoms with Gasteiger partial charge in [0.1, 0.15) is 5.69 Å². The van der Waals surface area contributed by atoms with Gasteiger partial charge in [0, 0.05) is 12.6 Å². The number of nitro groups is 1. The van der Waals surface area contributed by atoms with Crippen molar-refractivity contribution >= 4 is 22.6 Å². The van der Waals surface area contributed by atoms with E-state index in [0.717, 1.165) is 0 Å². The maximum Gasteiger partial charge on any atom is 0.355 e. The fourth-order valence-corrected chi connectivity index (χ4v) is 2.54. The minimum absolute atomic E-state index is 0.0632. The number of aliphatic hydroxyl groups excluding tert-OH is 1. The van der Waals surface area contributed by atoms with Gasteiger partial charge in [0.15, 0.2) is 5.75 Å². The van der Waals surface area contributed by atoms with Gasteiger partial charge in [0.2, 0.25) is 0 Å². The Hall–Kier alpha value is -2.61. The fraction of sp³-hybridized carbons (Fsp3) is 0.357. The van der Waals surface area contributed by atoms with Crippen molar-refractivity contribution < 1.29 is 24.3 Å². The smallest absolute Gasteiger partial charge is 0.355 e. The highest BCUT2D eigenvalue weighted by Gasteiger charge is 2.30. The molecule has 0 atom stereocenters. The Morgan fingerprint density at radius 3 is 2.64 bits per heavy atom. The molecule has 1 aromatic heterocycles. The topological polar surface area (TPSA) is 104 Å². The Labute approximate surface area is 126 Å². The number of carbonyl (C=O) groups excluding carboxylic acids is 1. The highest BCUT2D eigenvalue weighted by molar-refractivity contribution is 6.03. The SMILES string of the molecule is CCOC(=O)c1c(CO)c2c([N+](=O)[O-])c(OC)ccc2n1C. The van der Waals surface area contributed by atoms with E-state index in [1.165, 1.54) is 17.7 Å². The third kappa shape index (κ3) is 2.27. The van der Waals surface area contributed by atoms with Crippen molar-refractivity contribution in [2.75, 3.05) is 13.7 Å². The molecule has 0 spiro atoms. The number of hydrogen-bond donors (Lipinski definition) is 1. The predicted octanol–water partition coefficient (Wildman–Crippen LogP) is 1.76. The van der Waals surface area contributed by atoms with Gasteiger partial charge in [-0.3, -0.25) is 10.1 Å². The molecular formula is C14H16N2O6. The first kappa shape index (κ1) is 15.8. The summed E-state index contributed by atoms with van der Waals surface area (Å²) in [6, 6.07) is 3.06. The minimum atomic E-state index is -0.640. The van der Waals surface area contributed by atoms with Crippen LogP contribution in [0.4, 0.5) is 5.69 Å².